The van der Waals surface area contributed by atoms with Crippen LogP contribution in [0.4, 0.5) is 0 Å². The smallest absolute Gasteiger partial charge is 0.291 e. The molecule has 128 valence electrons. The molecule has 1 aromatic carbocycles. The molecule has 0 spiro atoms. The van der Waals surface area contributed by atoms with E-state index in [2.05, 4.69) is 10.2 Å². The number of carbonyl (C=O) groups is 1. The third-order valence-electron chi connectivity index (χ3n) is 4.09. The van der Waals surface area contributed by atoms with Crippen molar-refractivity contribution < 1.29 is 13.2 Å². The molecule has 8 nitrogen and oxygen atoms in total. The zero-order valence-corrected chi connectivity index (χ0v) is 14.6. The van der Waals surface area contributed by atoms with Gasteiger partial charge in [-0.15, -0.1) is 10.2 Å². The Balaban J connectivity index is 1.87. The first-order chi connectivity index (χ1) is 11.3. The molecular formula is C15H19N5O3S. The second-order valence-electron chi connectivity index (χ2n) is 5.90. The fourth-order valence-corrected chi connectivity index (χ4v) is 3.84. The van der Waals surface area contributed by atoms with Gasteiger partial charge in [0.25, 0.3) is 5.91 Å². The number of sulfonamides is 1. The summed E-state index contributed by atoms with van der Waals surface area (Å²) in [5, 5.41) is 7.92. The summed E-state index contributed by atoms with van der Waals surface area (Å²) >= 11 is 0. The molecule has 2 heterocycles. The molecule has 0 atom stereocenters. The first-order valence-corrected chi connectivity index (χ1v) is 8.95. The zero-order valence-electron chi connectivity index (χ0n) is 13.8. The van der Waals surface area contributed by atoms with Crippen molar-refractivity contribution in [1.82, 2.24) is 24.0 Å². The molecule has 0 saturated heterocycles. The predicted molar refractivity (Wildman–Crippen MR) is 86.8 cm³/mol. The molecule has 0 fully saturated rings. The highest BCUT2D eigenvalue weighted by Gasteiger charge is 2.29. The molecule has 0 bridgehead atoms. The standard InChI is InChI=1S/C15H19N5O3S/c1-11-5-4-6-12(9-11)24(22,23)19(3)10-13-16-17-14-15(21)18(2)7-8-20(13)14/h4-6,9H,7-8,10H2,1-3H3. The molecule has 9 heteroatoms. The first kappa shape index (κ1) is 16.6. The number of amides is 1. The normalized spacial score (nSPS) is 15.0. The fraction of sp³-hybridized carbons (Fsp3) is 0.400. The van der Waals surface area contributed by atoms with Crippen molar-refractivity contribution >= 4 is 15.9 Å². The Kier molecular flexibility index (Phi) is 4.14. The average molecular weight is 349 g/mol. The van der Waals surface area contributed by atoms with E-state index in [-0.39, 0.29) is 23.2 Å². The monoisotopic (exact) mass is 349 g/mol. The van der Waals surface area contributed by atoms with Gasteiger partial charge in [0.1, 0.15) is 5.82 Å². The van der Waals surface area contributed by atoms with Crippen LogP contribution in [-0.2, 0) is 23.1 Å². The van der Waals surface area contributed by atoms with Gasteiger partial charge in [-0.3, -0.25) is 4.79 Å². The Labute approximate surface area is 140 Å². The number of fused-ring (bicyclic) bond motifs is 1. The molecule has 1 amide bonds. The second-order valence-corrected chi connectivity index (χ2v) is 7.94. The van der Waals surface area contributed by atoms with Gasteiger partial charge in [0.15, 0.2) is 0 Å². The zero-order chi connectivity index (χ0) is 17.5. The lowest BCUT2D eigenvalue weighted by molar-refractivity contribution is 0.0740. The van der Waals surface area contributed by atoms with Crippen molar-refractivity contribution in [1.29, 1.82) is 0 Å². The summed E-state index contributed by atoms with van der Waals surface area (Å²) < 4.78 is 28.3. The van der Waals surface area contributed by atoms with Crippen molar-refractivity contribution in [3.63, 3.8) is 0 Å². The van der Waals surface area contributed by atoms with E-state index in [1.54, 1.807) is 34.7 Å². The van der Waals surface area contributed by atoms with Crippen LogP contribution in [0.3, 0.4) is 0 Å². The lowest BCUT2D eigenvalue weighted by Gasteiger charge is -2.24. The SMILES string of the molecule is Cc1cccc(S(=O)(=O)N(C)Cc2nnc3n2CCN(C)C3=O)c1. The molecular weight excluding hydrogens is 330 g/mol. The minimum Gasteiger partial charge on any atom is -0.337 e. The van der Waals surface area contributed by atoms with Gasteiger partial charge < -0.3 is 9.47 Å². The molecule has 0 saturated carbocycles. The summed E-state index contributed by atoms with van der Waals surface area (Å²) in [7, 11) is -0.433. The summed E-state index contributed by atoms with van der Waals surface area (Å²) in [5.74, 6) is 0.509. The van der Waals surface area contributed by atoms with Gasteiger partial charge in [0.2, 0.25) is 15.8 Å². The summed E-state index contributed by atoms with van der Waals surface area (Å²) in [6.07, 6.45) is 0. The molecule has 0 unspecified atom stereocenters. The van der Waals surface area contributed by atoms with E-state index >= 15 is 0 Å². The summed E-state index contributed by atoms with van der Waals surface area (Å²) in [4.78, 5) is 13.8. The van der Waals surface area contributed by atoms with E-state index < -0.39 is 10.0 Å². The molecule has 0 radical (unpaired) electrons. The highest BCUT2D eigenvalue weighted by atomic mass is 32.2. The predicted octanol–water partition coefficient (Wildman–Crippen LogP) is 0.493. The van der Waals surface area contributed by atoms with Crippen molar-refractivity contribution in [3.8, 4) is 0 Å². The first-order valence-electron chi connectivity index (χ1n) is 7.51. The van der Waals surface area contributed by atoms with E-state index in [4.69, 9.17) is 0 Å². The van der Waals surface area contributed by atoms with E-state index in [0.717, 1.165) is 5.56 Å². The van der Waals surface area contributed by atoms with Gasteiger partial charge in [-0.25, -0.2) is 8.42 Å². The molecule has 0 aliphatic carbocycles. The molecule has 0 N–H and O–H groups in total. The van der Waals surface area contributed by atoms with Crippen molar-refractivity contribution in [2.24, 2.45) is 0 Å². The lowest BCUT2D eigenvalue weighted by Crippen LogP contribution is -2.38. The van der Waals surface area contributed by atoms with Gasteiger partial charge >= 0.3 is 0 Å². The van der Waals surface area contributed by atoms with Crippen LogP contribution in [0.1, 0.15) is 22.0 Å². The molecule has 1 aromatic heterocycles. The van der Waals surface area contributed by atoms with Gasteiger partial charge in [-0.05, 0) is 24.6 Å². The van der Waals surface area contributed by atoms with Crippen LogP contribution in [0.25, 0.3) is 0 Å². The fourth-order valence-electron chi connectivity index (χ4n) is 2.61. The van der Waals surface area contributed by atoms with Crippen LogP contribution in [0.2, 0.25) is 0 Å². The van der Waals surface area contributed by atoms with E-state index in [1.807, 2.05) is 13.0 Å². The summed E-state index contributed by atoms with van der Waals surface area (Å²) in [6, 6.07) is 6.75. The Morgan fingerprint density at radius 2 is 2.00 bits per heavy atom. The number of aromatic nitrogens is 3. The quantitative estimate of drug-likeness (QED) is 0.802. The Morgan fingerprint density at radius 3 is 2.71 bits per heavy atom. The second kappa shape index (κ2) is 5.99. The molecule has 2 aromatic rings. The van der Waals surface area contributed by atoms with Crippen molar-refractivity contribution in [3.05, 3.63) is 41.5 Å². The van der Waals surface area contributed by atoms with Crippen molar-refractivity contribution in [2.45, 2.75) is 24.9 Å². The maximum atomic E-state index is 12.7. The molecule has 1 aliphatic heterocycles. The number of hydrogen-bond acceptors (Lipinski definition) is 5. The van der Waals surface area contributed by atoms with Gasteiger partial charge in [-0.1, -0.05) is 12.1 Å². The number of rotatable bonds is 4. The topological polar surface area (TPSA) is 88.4 Å². The van der Waals surface area contributed by atoms with Crippen LogP contribution < -0.4 is 0 Å². The molecule has 1 aliphatic rings. The number of carbonyl (C=O) groups excluding carboxylic acids is 1. The summed E-state index contributed by atoms with van der Waals surface area (Å²) in [6.45, 7) is 3.00. The molecule has 3 rings (SSSR count). The van der Waals surface area contributed by atoms with Gasteiger partial charge in [-0.2, -0.15) is 4.31 Å². The minimum absolute atomic E-state index is 0.0558. The average Bonchev–Trinajstić information content (AvgIpc) is 2.94. The number of hydrogen-bond donors (Lipinski definition) is 0. The van der Waals surface area contributed by atoms with E-state index in [0.29, 0.717) is 18.9 Å². The Bertz CT molecular complexity index is 890. The number of likely N-dealkylation sites (N-methyl/N-ethyl adjacent to an activating group) is 1. The highest BCUT2D eigenvalue weighted by Crippen LogP contribution is 2.19. The van der Waals surface area contributed by atoms with Crippen LogP contribution in [0.15, 0.2) is 29.2 Å². The van der Waals surface area contributed by atoms with Crippen LogP contribution >= 0.6 is 0 Å². The maximum Gasteiger partial charge on any atom is 0.291 e. The summed E-state index contributed by atoms with van der Waals surface area (Å²) in [5.41, 5.74) is 0.873. The third-order valence-corrected chi connectivity index (χ3v) is 5.89. The van der Waals surface area contributed by atoms with E-state index in [1.165, 1.54) is 11.4 Å². The Morgan fingerprint density at radius 1 is 1.25 bits per heavy atom. The number of benzene rings is 1. The van der Waals surface area contributed by atoms with Crippen LogP contribution in [0.5, 0.6) is 0 Å². The Hall–Kier alpha value is -2.26. The molecule has 24 heavy (non-hydrogen) atoms. The van der Waals surface area contributed by atoms with Gasteiger partial charge in [0.05, 0.1) is 11.4 Å². The maximum absolute atomic E-state index is 12.7. The highest BCUT2D eigenvalue weighted by molar-refractivity contribution is 7.89. The number of nitrogens with zero attached hydrogens (tertiary/aromatic N) is 5. The van der Waals surface area contributed by atoms with Gasteiger partial charge in [0, 0.05) is 27.2 Å². The third kappa shape index (κ3) is 2.80. The lowest BCUT2D eigenvalue weighted by atomic mass is 10.2. The van der Waals surface area contributed by atoms with Crippen LogP contribution in [-0.4, -0.2) is 58.9 Å². The van der Waals surface area contributed by atoms with E-state index in [9.17, 15) is 13.2 Å². The minimum atomic E-state index is -3.63. The largest absolute Gasteiger partial charge is 0.337 e. The van der Waals surface area contributed by atoms with Crippen LogP contribution in [0, 0.1) is 6.92 Å². The van der Waals surface area contributed by atoms with Crippen molar-refractivity contribution in [2.75, 3.05) is 20.6 Å². The number of aryl methyl sites for hydroxylation is 1.